The first kappa shape index (κ1) is 21.2. The van der Waals surface area contributed by atoms with Gasteiger partial charge in [-0.1, -0.05) is 23.2 Å². The molecule has 0 fully saturated rings. The topological polar surface area (TPSA) is 92.3 Å². The summed E-state index contributed by atoms with van der Waals surface area (Å²) >= 11 is 11.8. The van der Waals surface area contributed by atoms with E-state index in [1.54, 1.807) is 0 Å². The average molecular weight is 457 g/mol. The van der Waals surface area contributed by atoms with Crippen LogP contribution in [0.2, 0.25) is 10.0 Å². The molecular weight excluding hydrogens is 449 g/mol. The Kier molecular flexibility index (Phi) is 4.95. The van der Waals surface area contributed by atoms with Gasteiger partial charge in [-0.05, 0) is 12.1 Å². The summed E-state index contributed by atoms with van der Waals surface area (Å²) in [6, 6.07) is 2.53. The van der Waals surface area contributed by atoms with E-state index < -0.39 is 62.7 Å². The number of halogens is 8. The highest BCUT2D eigenvalue weighted by molar-refractivity contribution is 6.38. The fourth-order valence-electron chi connectivity index (χ4n) is 2.97. The first-order chi connectivity index (χ1) is 13.3. The third-order valence-corrected chi connectivity index (χ3v) is 4.86. The second kappa shape index (κ2) is 6.77. The highest BCUT2D eigenvalue weighted by atomic mass is 35.5. The zero-order chi connectivity index (χ0) is 21.8. The highest BCUT2D eigenvalue weighted by Crippen LogP contribution is 2.51. The van der Waals surface area contributed by atoms with E-state index >= 15 is 0 Å². The third-order valence-electron chi connectivity index (χ3n) is 4.28. The minimum atomic E-state index is -4.96. The van der Waals surface area contributed by atoms with E-state index in [9.17, 15) is 31.6 Å². The second-order valence-corrected chi connectivity index (χ2v) is 6.81. The lowest BCUT2D eigenvalue weighted by molar-refractivity contribution is -0.187. The van der Waals surface area contributed by atoms with Crippen LogP contribution in [0.3, 0.4) is 0 Å². The number of alkyl halides is 6. The predicted octanol–water partition coefficient (Wildman–Crippen LogP) is 5.27. The minimum absolute atomic E-state index is 0.267. The van der Waals surface area contributed by atoms with Crippen molar-refractivity contribution in [2.75, 3.05) is 12.3 Å². The number of hydrogen-bond donors (Lipinski definition) is 1. The summed E-state index contributed by atoms with van der Waals surface area (Å²) in [4.78, 5) is 0. The molecule has 0 saturated heterocycles. The molecule has 1 unspecified atom stereocenters. The number of nitrogen functional groups attached to an aromatic ring is 1. The molecule has 1 aromatic heterocycles. The van der Waals surface area contributed by atoms with Gasteiger partial charge in [-0.3, -0.25) is 0 Å². The van der Waals surface area contributed by atoms with Crippen LogP contribution in [0.1, 0.15) is 23.2 Å². The molecule has 0 spiro atoms. The number of nitrogens with two attached hydrogens (primary N) is 1. The van der Waals surface area contributed by atoms with Crippen molar-refractivity contribution in [3.05, 3.63) is 39.0 Å². The summed E-state index contributed by atoms with van der Waals surface area (Å²) in [5, 5.41) is 18.5. The van der Waals surface area contributed by atoms with Crippen LogP contribution in [0.25, 0.3) is 5.69 Å². The van der Waals surface area contributed by atoms with Gasteiger partial charge in [0.25, 0.3) is 0 Å². The van der Waals surface area contributed by atoms with E-state index in [2.05, 4.69) is 15.3 Å². The van der Waals surface area contributed by atoms with Crippen LogP contribution in [-0.2, 0) is 11.7 Å². The summed E-state index contributed by atoms with van der Waals surface area (Å²) in [6.07, 6.45) is -10.3. The largest absolute Gasteiger partial charge is 0.419 e. The zero-order valence-electron chi connectivity index (χ0n) is 13.9. The van der Waals surface area contributed by atoms with Gasteiger partial charge >= 0.3 is 12.4 Å². The number of anilines is 1. The summed E-state index contributed by atoms with van der Waals surface area (Å²) < 4.78 is 80.8. The van der Waals surface area contributed by atoms with Gasteiger partial charge in [-0.2, -0.15) is 46.9 Å². The van der Waals surface area contributed by atoms with E-state index in [0.717, 1.165) is 0 Å². The van der Waals surface area contributed by atoms with Gasteiger partial charge in [0.2, 0.25) is 5.54 Å². The molecule has 3 rings (SSSR count). The third kappa shape index (κ3) is 3.28. The molecule has 154 valence electrons. The standard InChI is InChI=1S/C15H8Cl2F6N6/c16-7-3-6(14(18,19)20)4-8(17)11(7)29-12(25)10(9(5-24)27-29)13(15(21,22)23)1-2-26-28-13/h3-4H,1-2,25H2. The molecule has 0 amide bonds. The predicted molar refractivity (Wildman–Crippen MR) is 89.8 cm³/mol. The molecule has 2 N–H and O–H groups in total. The summed E-state index contributed by atoms with van der Waals surface area (Å²) in [7, 11) is 0. The first-order valence-corrected chi connectivity index (χ1v) is 8.40. The van der Waals surface area contributed by atoms with Crippen molar-refractivity contribution in [2.45, 2.75) is 24.3 Å². The smallest absolute Gasteiger partial charge is 0.383 e. The van der Waals surface area contributed by atoms with E-state index in [1.807, 2.05) is 0 Å². The van der Waals surface area contributed by atoms with Crippen LogP contribution in [0.4, 0.5) is 32.2 Å². The molecule has 0 bridgehead atoms. The first-order valence-electron chi connectivity index (χ1n) is 7.64. The quantitative estimate of drug-likeness (QED) is 0.624. The lowest BCUT2D eigenvalue weighted by Crippen LogP contribution is -2.40. The Morgan fingerprint density at radius 1 is 1.14 bits per heavy atom. The van der Waals surface area contributed by atoms with Gasteiger partial charge in [0.15, 0.2) is 5.69 Å². The fraction of sp³-hybridized carbons (Fsp3) is 0.333. The van der Waals surface area contributed by atoms with Gasteiger partial charge in [0.05, 0.1) is 27.7 Å². The summed E-state index contributed by atoms with van der Waals surface area (Å²) in [6.45, 7) is -0.267. The minimum Gasteiger partial charge on any atom is -0.383 e. The van der Waals surface area contributed by atoms with Crippen molar-refractivity contribution < 1.29 is 26.3 Å². The van der Waals surface area contributed by atoms with Gasteiger partial charge in [0, 0.05) is 6.42 Å². The number of benzene rings is 1. The van der Waals surface area contributed by atoms with Crippen molar-refractivity contribution in [1.82, 2.24) is 9.78 Å². The normalized spacial score (nSPS) is 19.6. The van der Waals surface area contributed by atoms with Crippen LogP contribution < -0.4 is 5.73 Å². The Hall–Kier alpha value is -2.52. The Bertz CT molecular complexity index is 1030. The monoisotopic (exact) mass is 456 g/mol. The SMILES string of the molecule is N#Cc1nn(-c2c(Cl)cc(C(F)(F)F)cc2Cl)c(N)c1C1(C(F)(F)F)CCN=N1. The van der Waals surface area contributed by atoms with Crippen LogP contribution in [0.5, 0.6) is 0 Å². The molecule has 1 aliphatic heterocycles. The van der Waals surface area contributed by atoms with E-state index in [4.69, 9.17) is 28.9 Å². The van der Waals surface area contributed by atoms with Crippen LogP contribution in [-0.4, -0.2) is 22.5 Å². The van der Waals surface area contributed by atoms with Crippen LogP contribution in [0, 0.1) is 11.3 Å². The molecular formula is C15H8Cl2F6N6. The van der Waals surface area contributed by atoms with Gasteiger partial charge in [-0.15, -0.1) is 0 Å². The molecule has 2 heterocycles. The van der Waals surface area contributed by atoms with Crippen LogP contribution >= 0.6 is 23.2 Å². The molecule has 14 heteroatoms. The van der Waals surface area contributed by atoms with E-state index in [0.29, 0.717) is 16.8 Å². The number of hydrogen-bond acceptors (Lipinski definition) is 5. The number of azo groups is 1. The zero-order valence-corrected chi connectivity index (χ0v) is 15.4. The molecule has 29 heavy (non-hydrogen) atoms. The molecule has 0 radical (unpaired) electrons. The number of rotatable bonds is 2. The summed E-state index contributed by atoms with van der Waals surface area (Å²) in [5.41, 5.74) is -0.150. The van der Waals surface area contributed by atoms with Crippen LogP contribution in [0.15, 0.2) is 22.4 Å². The molecule has 1 aliphatic rings. The van der Waals surface area contributed by atoms with Crippen molar-refractivity contribution in [1.29, 1.82) is 5.26 Å². The van der Waals surface area contributed by atoms with E-state index in [1.165, 1.54) is 6.07 Å². The molecule has 1 atom stereocenters. The van der Waals surface area contributed by atoms with E-state index in [-0.39, 0.29) is 6.54 Å². The molecule has 6 nitrogen and oxygen atoms in total. The van der Waals surface area contributed by atoms with Gasteiger partial charge in [-0.25, -0.2) is 4.68 Å². The van der Waals surface area contributed by atoms with Crippen molar-refractivity contribution in [3.8, 4) is 11.8 Å². The van der Waals surface area contributed by atoms with Crippen molar-refractivity contribution >= 4 is 29.0 Å². The fourth-order valence-corrected chi connectivity index (χ4v) is 3.61. The molecule has 1 aromatic carbocycles. The molecule has 2 aromatic rings. The highest BCUT2D eigenvalue weighted by Gasteiger charge is 2.61. The Labute approximate surface area is 168 Å². The Morgan fingerprint density at radius 3 is 2.14 bits per heavy atom. The maximum Gasteiger partial charge on any atom is 0.419 e. The average Bonchev–Trinajstić information content (AvgIpc) is 3.19. The molecule has 0 saturated carbocycles. The number of nitrogens with zero attached hydrogens (tertiary/aromatic N) is 5. The summed E-state index contributed by atoms with van der Waals surface area (Å²) in [5.74, 6) is -0.691. The lowest BCUT2D eigenvalue weighted by atomic mass is 9.87. The maximum absolute atomic E-state index is 13.8. The second-order valence-electron chi connectivity index (χ2n) is 5.99. The Morgan fingerprint density at radius 2 is 1.72 bits per heavy atom. The van der Waals surface area contributed by atoms with Crippen molar-refractivity contribution in [3.63, 3.8) is 0 Å². The van der Waals surface area contributed by atoms with Gasteiger partial charge < -0.3 is 5.73 Å². The van der Waals surface area contributed by atoms with Crippen molar-refractivity contribution in [2.24, 2.45) is 10.2 Å². The molecule has 0 aliphatic carbocycles. The Balaban J connectivity index is 2.29. The maximum atomic E-state index is 13.8. The van der Waals surface area contributed by atoms with Gasteiger partial charge in [0.1, 0.15) is 17.6 Å². The number of nitriles is 1. The number of aromatic nitrogens is 2. The lowest BCUT2D eigenvalue weighted by Gasteiger charge is -2.27.